The van der Waals surface area contributed by atoms with Crippen LogP contribution in [0.3, 0.4) is 0 Å². The average molecular weight is 202 g/mol. The van der Waals surface area contributed by atoms with Crippen LogP contribution in [0.15, 0.2) is 0 Å². The number of hydrogen-bond acceptors (Lipinski definition) is 3. The molecule has 0 unspecified atom stereocenters. The highest BCUT2D eigenvalue weighted by Crippen LogP contribution is 2.08. The molecular formula is C11H22O3. The van der Waals surface area contributed by atoms with Gasteiger partial charge in [-0.2, -0.15) is 0 Å². The van der Waals surface area contributed by atoms with Crippen LogP contribution in [0.4, 0.5) is 0 Å². The highest BCUT2D eigenvalue weighted by atomic mass is 16.5. The number of aliphatic hydroxyl groups is 1. The maximum atomic E-state index is 10.9. The maximum Gasteiger partial charge on any atom is 0.305 e. The molecule has 84 valence electrons. The summed E-state index contributed by atoms with van der Waals surface area (Å²) < 4.78 is 4.80. The van der Waals surface area contributed by atoms with Gasteiger partial charge in [-0.25, -0.2) is 0 Å². The Morgan fingerprint density at radius 3 is 2.57 bits per heavy atom. The zero-order valence-electron chi connectivity index (χ0n) is 9.29. The van der Waals surface area contributed by atoms with Gasteiger partial charge in [-0.15, -0.1) is 0 Å². The Kier molecular flexibility index (Phi) is 8.64. The standard InChI is InChI=1S/C11H22O3/c1-3-10(12)8-6-5-7-9-11(13)14-4-2/h10,12H,3-9H2,1-2H3/t10-/m1/s1. The van der Waals surface area contributed by atoms with Crippen LogP contribution in [0.1, 0.15) is 52.4 Å². The molecule has 0 aliphatic carbocycles. The second-order valence-electron chi connectivity index (χ2n) is 3.47. The third-order valence-electron chi connectivity index (χ3n) is 2.19. The van der Waals surface area contributed by atoms with Gasteiger partial charge in [-0.1, -0.05) is 19.8 Å². The summed E-state index contributed by atoms with van der Waals surface area (Å²) in [7, 11) is 0. The van der Waals surface area contributed by atoms with Crippen LogP contribution in [-0.4, -0.2) is 23.8 Å². The Balaban J connectivity index is 3.17. The molecule has 0 aromatic heterocycles. The zero-order chi connectivity index (χ0) is 10.8. The summed E-state index contributed by atoms with van der Waals surface area (Å²) >= 11 is 0. The quantitative estimate of drug-likeness (QED) is 0.485. The molecule has 1 atom stereocenters. The van der Waals surface area contributed by atoms with Gasteiger partial charge < -0.3 is 9.84 Å². The predicted octanol–water partition coefficient (Wildman–Crippen LogP) is 2.27. The molecule has 0 saturated heterocycles. The fourth-order valence-electron chi connectivity index (χ4n) is 1.26. The first kappa shape index (κ1) is 13.4. The van der Waals surface area contributed by atoms with Crippen molar-refractivity contribution < 1.29 is 14.6 Å². The molecule has 0 radical (unpaired) electrons. The van der Waals surface area contributed by atoms with Gasteiger partial charge in [0.25, 0.3) is 0 Å². The lowest BCUT2D eigenvalue weighted by atomic mass is 10.1. The molecule has 3 nitrogen and oxygen atoms in total. The third-order valence-corrected chi connectivity index (χ3v) is 2.19. The van der Waals surface area contributed by atoms with Gasteiger partial charge in [0.1, 0.15) is 0 Å². The van der Waals surface area contributed by atoms with E-state index in [-0.39, 0.29) is 12.1 Å². The van der Waals surface area contributed by atoms with Crippen molar-refractivity contribution >= 4 is 5.97 Å². The third kappa shape index (κ3) is 8.05. The van der Waals surface area contributed by atoms with E-state index in [0.717, 1.165) is 32.1 Å². The molecule has 3 heteroatoms. The minimum atomic E-state index is -0.169. The molecule has 0 aliphatic heterocycles. The van der Waals surface area contributed by atoms with E-state index in [9.17, 15) is 9.90 Å². The smallest absolute Gasteiger partial charge is 0.305 e. The predicted molar refractivity (Wildman–Crippen MR) is 56.0 cm³/mol. The van der Waals surface area contributed by atoms with Gasteiger partial charge in [-0.05, 0) is 26.2 Å². The number of hydrogen-bond donors (Lipinski definition) is 1. The fraction of sp³-hybridized carbons (Fsp3) is 0.909. The van der Waals surface area contributed by atoms with Gasteiger partial charge in [0.05, 0.1) is 12.7 Å². The van der Waals surface area contributed by atoms with Crippen molar-refractivity contribution in [3.05, 3.63) is 0 Å². The molecule has 0 spiro atoms. The molecule has 0 aromatic carbocycles. The van der Waals surface area contributed by atoms with Crippen LogP contribution in [0.5, 0.6) is 0 Å². The van der Waals surface area contributed by atoms with Crippen LogP contribution in [0.2, 0.25) is 0 Å². The normalized spacial score (nSPS) is 12.5. The van der Waals surface area contributed by atoms with E-state index < -0.39 is 0 Å². The van der Waals surface area contributed by atoms with Crippen LogP contribution >= 0.6 is 0 Å². The van der Waals surface area contributed by atoms with Crippen molar-refractivity contribution in [3.8, 4) is 0 Å². The second kappa shape index (κ2) is 9.00. The first-order valence-electron chi connectivity index (χ1n) is 5.54. The van der Waals surface area contributed by atoms with Crippen LogP contribution in [0.25, 0.3) is 0 Å². The summed E-state index contributed by atoms with van der Waals surface area (Å²) in [6, 6.07) is 0. The molecule has 1 N–H and O–H groups in total. The molecule has 0 aliphatic rings. The molecule has 0 amide bonds. The summed E-state index contributed by atoms with van der Waals surface area (Å²) in [6.45, 7) is 4.26. The highest BCUT2D eigenvalue weighted by molar-refractivity contribution is 5.69. The van der Waals surface area contributed by atoms with Crippen molar-refractivity contribution in [2.24, 2.45) is 0 Å². The van der Waals surface area contributed by atoms with Gasteiger partial charge in [0.2, 0.25) is 0 Å². The molecule has 0 aromatic rings. The monoisotopic (exact) mass is 202 g/mol. The average Bonchev–Trinajstić information content (AvgIpc) is 2.17. The van der Waals surface area contributed by atoms with Crippen molar-refractivity contribution in [2.45, 2.75) is 58.5 Å². The number of esters is 1. The van der Waals surface area contributed by atoms with Crippen molar-refractivity contribution in [1.82, 2.24) is 0 Å². The topological polar surface area (TPSA) is 46.5 Å². The van der Waals surface area contributed by atoms with E-state index in [2.05, 4.69) is 0 Å². The highest BCUT2D eigenvalue weighted by Gasteiger charge is 2.02. The van der Waals surface area contributed by atoms with E-state index in [1.807, 2.05) is 13.8 Å². The summed E-state index contributed by atoms with van der Waals surface area (Å²) in [4.78, 5) is 10.9. The number of rotatable bonds is 8. The first-order valence-corrected chi connectivity index (χ1v) is 5.54. The van der Waals surface area contributed by atoms with Crippen molar-refractivity contribution in [1.29, 1.82) is 0 Å². The first-order chi connectivity index (χ1) is 6.70. The number of aliphatic hydroxyl groups excluding tert-OH is 1. The van der Waals surface area contributed by atoms with Gasteiger partial charge >= 0.3 is 5.97 Å². The van der Waals surface area contributed by atoms with E-state index in [4.69, 9.17) is 4.74 Å². The Bertz CT molecular complexity index is 145. The summed E-state index contributed by atoms with van der Waals surface area (Å²) in [5.41, 5.74) is 0. The van der Waals surface area contributed by atoms with E-state index in [1.165, 1.54) is 0 Å². The lowest BCUT2D eigenvalue weighted by Crippen LogP contribution is -2.05. The van der Waals surface area contributed by atoms with E-state index >= 15 is 0 Å². The maximum absolute atomic E-state index is 10.9. The molecule has 14 heavy (non-hydrogen) atoms. The van der Waals surface area contributed by atoms with Crippen molar-refractivity contribution in [3.63, 3.8) is 0 Å². The number of ether oxygens (including phenoxy) is 1. The number of carbonyl (C=O) groups is 1. The van der Waals surface area contributed by atoms with Gasteiger partial charge in [0.15, 0.2) is 0 Å². The molecule has 0 heterocycles. The van der Waals surface area contributed by atoms with Gasteiger partial charge in [0, 0.05) is 6.42 Å². The summed E-state index contributed by atoms with van der Waals surface area (Å²) in [5.74, 6) is -0.108. The zero-order valence-corrected chi connectivity index (χ0v) is 9.29. The fourth-order valence-corrected chi connectivity index (χ4v) is 1.26. The lowest BCUT2D eigenvalue weighted by molar-refractivity contribution is -0.143. The molecule has 0 rings (SSSR count). The molecule has 0 saturated carbocycles. The second-order valence-corrected chi connectivity index (χ2v) is 3.47. The minimum Gasteiger partial charge on any atom is -0.466 e. The number of carbonyl (C=O) groups excluding carboxylic acids is 1. The number of unbranched alkanes of at least 4 members (excludes halogenated alkanes) is 2. The van der Waals surface area contributed by atoms with E-state index in [0.29, 0.717) is 13.0 Å². The van der Waals surface area contributed by atoms with Gasteiger partial charge in [-0.3, -0.25) is 4.79 Å². The summed E-state index contributed by atoms with van der Waals surface area (Å²) in [6.07, 6.45) is 4.87. The molecule has 0 bridgehead atoms. The van der Waals surface area contributed by atoms with E-state index in [1.54, 1.807) is 0 Å². The largest absolute Gasteiger partial charge is 0.466 e. The van der Waals surface area contributed by atoms with Crippen LogP contribution in [-0.2, 0) is 9.53 Å². The SMILES string of the molecule is CCOC(=O)CCCCC[C@H](O)CC. The van der Waals surface area contributed by atoms with Crippen molar-refractivity contribution in [2.75, 3.05) is 6.61 Å². The summed E-state index contributed by atoms with van der Waals surface area (Å²) in [5, 5.41) is 9.26. The Morgan fingerprint density at radius 2 is 2.00 bits per heavy atom. The Morgan fingerprint density at radius 1 is 1.29 bits per heavy atom. The van der Waals surface area contributed by atoms with Crippen LogP contribution < -0.4 is 0 Å². The minimum absolute atomic E-state index is 0.108. The Labute approximate surface area is 86.5 Å². The lowest BCUT2D eigenvalue weighted by Gasteiger charge is -2.06. The Hall–Kier alpha value is -0.570. The van der Waals surface area contributed by atoms with Crippen LogP contribution in [0, 0.1) is 0 Å². The molecular weight excluding hydrogens is 180 g/mol. The molecule has 0 fully saturated rings.